The molecule has 2 rings (SSSR count). The third-order valence-electron chi connectivity index (χ3n) is 1.70. The number of aromatic amines is 1. The minimum atomic E-state index is -0.476. The molecule has 66 valence electrons. The molecule has 0 radical (unpaired) electrons. The van der Waals surface area contributed by atoms with Gasteiger partial charge in [0.2, 0.25) is 0 Å². The summed E-state index contributed by atoms with van der Waals surface area (Å²) < 4.78 is 4.51. The van der Waals surface area contributed by atoms with Crippen molar-refractivity contribution < 1.29 is 9.53 Å². The highest BCUT2D eigenvalue weighted by molar-refractivity contribution is 5.90. The van der Waals surface area contributed by atoms with Crippen LogP contribution in [0.3, 0.4) is 0 Å². The van der Waals surface area contributed by atoms with Gasteiger partial charge in [-0.2, -0.15) is 0 Å². The number of fused-ring (bicyclic) bond motifs is 1. The van der Waals surface area contributed by atoms with E-state index in [1.54, 1.807) is 12.3 Å². The van der Waals surface area contributed by atoms with Gasteiger partial charge in [0.25, 0.3) is 0 Å². The average Bonchev–Trinajstić information content (AvgIpc) is 2.63. The molecule has 0 aliphatic heterocycles. The van der Waals surface area contributed by atoms with E-state index in [1.165, 1.54) is 7.11 Å². The molecule has 0 atom stereocenters. The number of rotatable bonds is 1. The van der Waals surface area contributed by atoms with Gasteiger partial charge < -0.3 is 9.72 Å². The summed E-state index contributed by atoms with van der Waals surface area (Å²) in [5, 5.41) is 8.34. The number of nitrogens with one attached hydrogen (secondary N) is 1. The summed E-state index contributed by atoms with van der Waals surface area (Å²) in [5.74, 6) is -0.476. The van der Waals surface area contributed by atoms with Crippen molar-refractivity contribution >= 4 is 17.0 Å². The molecule has 2 heterocycles. The van der Waals surface area contributed by atoms with Gasteiger partial charge in [-0.15, -0.1) is 10.2 Å². The van der Waals surface area contributed by atoms with E-state index in [4.69, 9.17) is 0 Å². The maximum absolute atomic E-state index is 11.0. The summed E-state index contributed by atoms with van der Waals surface area (Å²) in [6.07, 6.45) is 1.74. The van der Waals surface area contributed by atoms with Gasteiger partial charge in [0, 0.05) is 11.6 Å². The summed E-state index contributed by atoms with van der Waals surface area (Å²) in [6.45, 7) is 0. The number of esters is 1. The van der Waals surface area contributed by atoms with Crippen molar-refractivity contribution in [2.45, 2.75) is 0 Å². The summed E-state index contributed by atoms with van der Waals surface area (Å²) in [7, 11) is 1.31. The first kappa shape index (κ1) is 7.72. The molecule has 13 heavy (non-hydrogen) atoms. The second-order valence-electron chi connectivity index (χ2n) is 2.50. The van der Waals surface area contributed by atoms with Crippen molar-refractivity contribution in [3.8, 4) is 0 Å². The molecule has 0 saturated carbocycles. The van der Waals surface area contributed by atoms with E-state index in [-0.39, 0.29) is 5.69 Å². The number of hydrogen-bond donors (Lipinski definition) is 1. The Morgan fingerprint density at radius 2 is 2.38 bits per heavy atom. The minimum absolute atomic E-state index is 0.217. The number of ether oxygens (including phenoxy) is 1. The highest BCUT2D eigenvalue weighted by Crippen LogP contribution is 2.09. The van der Waals surface area contributed by atoms with Crippen molar-refractivity contribution in [3.63, 3.8) is 0 Å². The molecule has 0 fully saturated rings. The van der Waals surface area contributed by atoms with Crippen LogP contribution in [0.1, 0.15) is 10.5 Å². The molecule has 0 aromatic carbocycles. The third-order valence-corrected chi connectivity index (χ3v) is 1.70. The van der Waals surface area contributed by atoms with Crippen LogP contribution in [-0.4, -0.2) is 28.3 Å². The number of carbonyl (C=O) groups excluding carboxylic acids is 1. The first-order valence-electron chi connectivity index (χ1n) is 3.70. The fourth-order valence-corrected chi connectivity index (χ4v) is 1.06. The molecule has 0 aliphatic carbocycles. The van der Waals surface area contributed by atoms with Crippen LogP contribution in [0.25, 0.3) is 11.0 Å². The maximum atomic E-state index is 11.0. The molecule has 2 aromatic heterocycles. The lowest BCUT2D eigenvalue weighted by Gasteiger charge is -1.95. The van der Waals surface area contributed by atoms with Gasteiger partial charge in [0.05, 0.1) is 7.11 Å². The van der Waals surface area contributed by atoms with Crippen LogP contribution in [0.5, 0.6) is 0 Å². The number of aromatic nitrogens is 3. The maximum Gasteiger partial charge on any atom is 0.358 e. The van der Waals surface area contributed by atoms with Gasteiger partial charge in [0.1, 0.15) is 0 Å². The standard InChI is InChI=1S/C8H7N3O2/c1-13-8(12)6-4-5-2-3-9-7(5)11-10-6/h2-4H,1H3,(H,9,11). The number of hydrogen-bond acceptors (Lipinski definition) is 4. The first-order chi connectivity index (χ1) is 6.31. The number of carbonyl (C=O) groups is 1. The van der Waals surface area contributed by atoms with Crippen molar-refractivity contribution in [3.05, 3.63) is 24.0 Å². The lowest BCUT2D eigenvalue weighted by atomic mass is 10.3. The molecule has 0 spiro atoms. The van der Waals surface area contributed by atoms with Gasteiger partial charge in [-0.25, -0.2) is 4.79 Å². The fraction of sp³-hybridized carbons (Fsp3) is 0.125. The molecule has 2 aromatic rings. The Hall–Kier alpha value is -1.91. The SMILES string of the molecule is COC(=O)c1cc2cc[nH]c2nn1. The van der Waals surface area contributed by atoms with E-state index in [2.05, 4.69) is 19.9 Å². The van der Waals surface area contributed by atoms with Crippen LogP contribution in [0, 0.1) is 0 Å². The van der Waals surface area contributed by atoms with Crippen LogP contribution in [-0.2, 0) is 4.74 Å². The van der Waals surface area contributed by atoms with E-state index < -0.39 is 5.97 Å². The lowest BCUT2D eigenvalue weighted by molar-refractivity contribution is 0.0593. The topological polar surface area (TPSA) is 67.9 Å². The quantitative estimate of drug-likeness (QED) is 0.652. The van der Waals surface area contributed by atoms with Gasteiger partial charge in [-0.1, -0.05) is 0 Å². The summed E-state index contributed by atoms with van der Waals surface area (Å²) in [6, 6.07) is 3.45. The highest BCUT2D eigenvalue weighted by Gasteiger charge is 2.08. The van der Waals surface area contributed by atoms with Crippen LogP contribution in [0.4, 0.5) is 0 Å². The zero-order chi connectivity index (χ0) is 9.26. The molecule has 5 heteroatoms. The van der Waals surface area contributed by atoms with Crippen LogP contribution in [0.2, 0.25) is 0 Å². The molecule has 1 N–H and O–H groups in total. The Kier molecular flexibility index (Phi) is 1.70. The second kappa shape index (κ2) is 2.85. The average molecular weight is 177 g/mol. The molecule has 0 saturated heterocycles. The Bertz CT molecular complexity index is 449. The normalized spacial score (nSPS) is 10.2. The number of nitrogens with zero attached hydrogens (tertiary/aromatic N) is 2. The van der Waals surface area contributed by atoms with Crippen molar-refractivity contribution in [2.24, 2.45) is 0 Å². The Balaban J connectivity index is 2.54. The van der Waals surface area contributed by atoms with E-state index in [0.717, 1.165) is 5.39 Å². The van der Waals surface area contributed by atoms with E-state index >= 15 is 0 Å². The molecule has 0 aliphatic rings. The molecule has 5 nitrogen and oxygen atoms in total. The van der Waals surface area contributed by atoms with Gasteiger partial charge in [0.15, 0.2) is 11.3 Å². The zero-order valence-electron chi connectivity index (χ0n) is 6.94. The number of methoxy groups -OCH3 is 1. The highest BCUT2D eigenvalue weighted by atomic mass is 16.5. The minimum Gasteiger partial charge on any atom is -0.464 e. The first-order valence-corrected chi connectivity index (χ1v) is 3.70. The summed E-state index contributed by atoms with van der Waals surface area (Å²) >= 11 is 0. The smallest absolute Gasteiger partial charge is 0.358 e. The predicted molar refractivity (Wildman–Crippen MR) is 45.2 cm³/mol. The zero-order valence-corrected chi connectivity index (χ0v) is 6.94. The van der Waals surface area contributed by atoms with E-state index in [0.29, 0.717) is 5.65 Å². The third kappa shape index (κ3) is 1.24. The van der Waals surface area contributed by atoms with Gasteiger partial charge >= 0.3 is 5.97 Å². The Labute approximate surface area is 73.7 Å². The van der Waals surface area contributed by atoms with E-state index in [1.807, 2.05) is 6.07 Å². The molecule has 0 unspecified atom stereocenters. The molecule has 0 bridgehead atoms. The second-order valence-corrected chi connectivity index (χ2v) is 2.50. The van der Waals surface area contributed by atoms with Crippen LogP contribution in [0.15, 0.2) is 18.3 Å². The van der Waals surface area contributed by atoms with Crippen LogP contribution >= 0.6 is 0 Å². The fourth-order valence-electron chi connectivity index (χ4n) is 1.06. The van der Waals surface area contributed by atoms with E-state index in [9.17, 15) is 4.79 Å². The van der Waals surface area contributed by atoms with Crippen molar-refractivity contribution in [1.29, 1.82) is 0 Å². The Morgan fingerprint density at radius 3 is 3.15 bits per heavy atom. The monoisotopic (exact) mass is 177 g/mol. The molecular weight excluding hydrogens is 170 g/mol. The lowest BCUT2D eigenvalue weighted by Crippen LogP contribution is -2.04. The largest absolute Gasteiger partial charge is 0.464 e. The van der Waals surface area contributed by atoms with Gasteiger partial charge in [-0.05, 0) is 12.1 Å². The van der Waals surface area contributed by atoms with Crippen molar-refractivity contribution in [2.75, 3.05) is 7.11 Å². The summed E-state index contributed by atoms with van der Waals surface area (Å²) in [5.41, 5.74) is 0.877. The van der Waals surface area contributed by atoms with Gasteiger partial charge in [-0.3, -0.25) is 0 Å². The molecular formula is C8H7N3O2. The predicted octanol–water partition coefficient (Wildman–Crippen LogP) is 0.744. The van der Waals surface area contributed by atoms with Crippen LogP contribution < -0.4 is 0 Å². The number of H-pyrrole nitrogens is 1. The molecule has 0 amide bonds. The Morgan fingerprint density at radius 1 is 1.54 bits per heavy atom. The van der Waals surface area contributed by atoms with Crippen molar-refractivity contribution in [1.82, 2.24) is 15.2 Å². The summed E-state index contributed by atoms with van der Waals surface area (Å²) in [4.78, 5) is 13.9.